The van der Waals surface area contributed by atoms with Crippen LogP contribution in [0.4, 0.5) is 10.7 Å². The average Bonchev–Trinajstić information content (AvgIpc) is 3.29. The topological polar surface area (TPSA) is 61.9 Å². The van der Waals surface area contributed by atoms with Gasteiger partial charge in [0.15, 0.2) is 0 Å². The highest BCUT2D eigenvalue weighted by molar-refractivity contribution is 7.17. The van der Waals surface area contributed by atoms with Crippen LogP contribution in [-0.4, -0.2) is 56.1 Å². The van der Waals surface area contributed by atoms with Crippen LogP contribution in [0, 0.1) is 6.92 Å². The molecule has 0 bridgehead atoms. The second-order valence-electron chi connectivity index (χ2n) is 7.93. The summed E-state index contributed by atoms with van der Waals surface area (Å²) in [7, 11) is 0. The SMILES string of the molecule is CCOC(=O)c1c(NC(=O)CN2CCN(c3cccc(C)c3)CC2)sc2c1CCC2. The number of nitrogens with one attached hydrogen (secondary N) is 1. The number of anilines is 2. The number of fused-ring (bicyclic) bond motifs is 1. The number of thiophene rings is 1. The normalized spacial score (nSPS) is 16.4. The van der Waals surface area contributed by atoms with Crippen molar-refractivity contribution in [3.63, 3.8) is 0 Å². The van der Waals surface area contributed by atoms with Gasteiger partial charge in [-0.15, -0.1) is 11.3 Å². The molecule has 160 valence electrons. The number of carbonyl (C=O) groups excluding carboxylic acids is 2. The van der Waals surface area contributed by atoms with Crippen molar-refractivity contribution in [2.75, 3.05) is 49.5 Å². The number of nitrogens with zero attached hydrogens (tertiary/aromatic N) is 2. The molecular formula is C23H29N3O3S. The smallest absolute Gasteiger partial charge is 0.341 e. The van der Waals surface area contributed by atoms with Gasteiger partial charge in [-0.3, -0.25) is 9.69 Å². The number of ether oxygens (including phenoxy) is 1. The molecule has 7 heteroatoms. The second-order valence-corrected chi connectivity index (χ2v) is 9.04. The van der Waals surface area contributed by atoms with E-state index in [0.717, 1.165) is 51.0 Å². The lowest BCUT2D eigenvalue weighted by atomic mass is 10.1. The third-order valence-electron chi connectivity index (χ3n) is 5.76. The Labute approximate surface area is 181 Å². The van der Waals surface area contributed by atoms with E-state index in [0.29, 0.717) is 23.7 Å². The molecule has 2 aliphatic rings. The molecular weight excluding hydrogens is 398 g/mol. The van der Waals surface area contributed by atoms with E-state index in [1.54, 1.807) is 6.92 Å². The van der Waals surface area contributed by atoms with E-state index in [2.05, 4.69) is 46.3 Å². The highest BCUT2D eigenvalue weighted by Gasteiger charge is 2.29. The lowest BCUT2D eigenvalue weighted by Crippen LogP contribution is -2.48. The van der Waals surface area contributed by atoms with E-state index < -0.39 is 0 Å². The highest BCUT2D eigenvalue weighted by atomic mass is 32.1. The molecule has 6 nitrogen and oxygen atoms in total. The van der Waals surface area contributed by atoms with Crippen LogP contribution >= 0.6 is 11.3 Å². The maximum absolute atomic E-state index is 12.7. The van der Waals surface area contributed by atoms with Crippen LogP contribution in [0.2, 0.25) is 0 Å². The third kappa shape index (κ3) is 4.52. The standard InChI is InChI=1S/C23H29N3O3S/c1-3-29-23(28)21-18-8-5-9-19(18)30-22(21)24-20(27)15-25-10-12-26(13-11-25)17-7-4-6-16(2)14-17/h4,6-7,14H,3,5,8-13,15H2,1-2H3,(H,24,27). The van der Waals surface area contributed by atoms with Crippen molar-refractivity contribution in [1.82, 2.24) is 4.90 Å². The summed E-state index contributed by atoms with van der Waals surface area (Å²) in [6, 6.07) is 8.54. The molecule has 0 spiro atoms. The Morgan fingerprint density at radius 1 is 1.17 bits per heavy atom. The molecule has 0 saturated carbocycles. The highest BCUT2D eigenvalue weighted by Crippen LogP contribution is 2.39. The molecule has 2 heterocycles. The summed E-state index contributed by atoms with van der Waals surface area (Å²) in [4.78, 5) is 30.9. The summed E-state index contributed by atoms with van der Waals surface area (Å²) < 4.78 is 5.25. The van der Waals surface area contributed by atoms with Crippen molar-refractivity contribution in [2.45, 2.75) is 33.1 Å². The van der Waals surface area contributed by atoms with Gasteiger partial charge in [-0.2, -0.15) is 0 Å². The van der Waals surface area contributed by atoms with Gasteiger partial charge < -0.3 is 15.0 Å². The molecule has 1 aromatic carbocycles. The molecule has 4 rings (SSSR count). The predicted molar refractivity (Wildman–Crippen MR) is 121 cm³/mol. The Bertz CT molecular complexity index is 932. The van der Waals surface area contributed by atoms with E-state index in [1.807, 2.05) is 0 Å². The van der Waals surface area contributed by atoms with E-state index >= 15 is 0 Å². The van der Waals surface area contributed by atoms with Crippen molar-refractivity contribution >= 4 is 33.9 Å². The molecule has 1 N–H and O–H groups in total. The van der Waals surface area contributed by atoms with E-state index in [1.165, 1.54) is 27.5 Å². The Morgan fingerprint density at radius 2 is 1.97 bits per heavy atom. The molecule has 2 aromatic rings. The van der Waals surface area contributed by atoms with Crippen molar-refractivity contribution < 1.29 is 14.3 Å². The van der Waals surface area contributed by atoms with Gasteiger partial charge >= 0.3 is 5.97 Å². The van der Waals surface area contributed by atoms with Gasteiger partial charge in [0.25, 0.3) is 0 Å². The van der Waals surface area contributed by atoms with E-state index in [-0.39, 0.29) is 11.9 Å². The Kier molecular flexibility index (Phi) is 6.39. The predicted octanol–water partition coefficient (Wildman–Crippen LogP) is 3.48. The maximum Gasteiger partial charge on any atom is 0.341 e. The lowest BCUT2D eigenvalue weighted by molar-refractivity contribution is -0.117. The summed E-state index contributed by atoms with van der Waals surface area (Å²) in [5, 5.41) is 3.65. The molecule has 1 aliphatic carbocycles. The van der Waals surface area contributed by atoms with Crippen LogP contribution in [-0.2, 0) is 22.4 Å². The first-order valence-corrected chi connectivity index (χ1v) is 11.5. The molecule has 0 atom stereocenters. The zero-order chi connectivity index (χ0) is 21.1. The Balaban J connectivity index is 1.35. The number of amides is 1. The fraction of sp³-hybridized carbons (Fsp3) is 0.478. The second kappa shape index (κ2) is 9.18. The fourth-order valence-corrected chi connectivity index (χ4v) is 5.56. The van der Waals surface area contributed by atoms with E-state index in [4.69, 9.17) is 4.74 Å². The molecule has 1 saturated heterocycles. The minimum Gasteiger partial charge on any atom is -0.462 e. The number of carbonyl (C=O) groups is 2. The zero-order valence-electron chi connectivity index (χ0n) is 17.7. The van der Waals surface area contributed by atoms with Crippen LogP contribution < -0.4 is 10.2 Å². The first-order chi connectivity index (χ1) is 14.5. The number of piperazine rings is 1. The van der Waals surface area contributed by atoms with Crippen molar-refractivity contribution in [1.29, 1.82) is 0 Å². The maximum atomic E-state index is 12.7. The quantitative estimate of drug-likeness (QED) is 0.715. The van der Waals surface area contributed by atoms with Crippen molar-refractivity contribution in [2.24, 2.45) is 0 Å². The summed E-state index contributed by atoms with van der Waals surface area (Å²) in [5.74, 6) is -0.386. The largest absolute Gasteiger partial charge is 0.462 e. The molecule has 30 heavy (non-hydrogen) atoms. The van der Waals surface area contributed by atoms with Crippen LogP contribution in [0.25, 0.3) is 0 Å². The monoisotopic (exact) mass is 427 g/mol. The van der Waals surface area contributed by atoms with Crippen LogP contribution in [0.3, 0.4) is 0 Å². The number of benzene rings is 1. The lowest BCUT2D eigenvalue weighted by Gasteiger charge is -2.35. The molecule has 1 aromatic heterocycles. The van der Waals surface area contributed by atoms with Crippen molar-refractivity contribution in [3.05, 3.63) is 45.8 Å². The third-order valence-corrected chi connectivity index (χ3v) is 6.97. The van der Waals surface area contributed by atoms with E-state index in [9.17, 15) is 9.59 Å². The molecule has 1 aliphatic heterocycles. The average molecular weight is 428 g/mol. The summed E-state index contributed by atoms with van der Waals surface area (Å²) >= 11 is 1.53. The first-order valence-electron chi connectivity index (χ1n) is 10.7. The van der Waals surface area contributed by atoms with Gasteiger partial charge in [0.1, 0.15) is 5.00 Å². The fourth-order valence-electron chi connectivity index (χ4n) is 4.27. The minimum absolute atomic E-state index is 0.0653. The van der Waals surface area contributed by atoms with Gasteiger partial charge in [-0.1, -0.05) is 12.1 Å². The van der Waals surface area contributed by atoms with Gasteiger partial charge in [0.2, 0.25) is 5.91 Å². The Hall–Kier alpha value is -2.38. The summed E-state index contributed by atoms with van der Waals surface area (Å²) in [6.07, 6.45) is 2.92. The van der Waals surface area contributed by atoms with Gasteiger partial charge in [-0.25, -0.2) is 4.79 Å². The van der Waals surface area contributed by atoms with Crippen molar-refractivity contribution in [3.8, 4) is 0 Å². The Morgan fingerprint density at radius 3 is 2.70 bits per heavy atom. The van der Waals surface area contributed by atoms with Crippen LogP contribution in [0.15, 0.2) is 24.3 Å². The molecule has 1 amide bonds. The zero-order valence-corrected chi connectivity index (χ0v) is 18.5. The number of hydrogen-bond acceptors (Lipinski definition) is 6. The molecule has 0 unspecified atom stereocenters. The summed E-state index contributed by atoms with van der Waals surface area (Å²) in [6.45, 7) is 8.07. The number of rotatable bonds is 6. The van der Waals surface area contributed by atoms with Crippen LogP contribution in [0.1, 0.15) is 39.7 Å². The first kappa shape index (κ1) is 20.9. The summed E-state index contributed by atoms with van der Waals surface area (Å²) in [5.41, 5.74) is 4.15. The number of aryl methyl sites for hydroxylation is 2. The number of hydrogen-bond donors (Lipinski definition) is 1. The number of esters is 1. The van der Waals surface area contributed by atoms with Crippen LogP contribution in [0.5, 0.6) is 0 Å². The van der Waals surface area contributed by atoms with Gasteiger partial charge in [0.05, 0.1) is 18.7 Å². The molecule has 1 fully saturated rings. The minimum atomic E-state index is -0.320. The molecule has 0 radical (unpaired) electrons. The van der Waals surface area contributed by atoms with Gasteiger partial charge in [0, 0.05) is 36.7 Å². The van der Waals surface area contributed by atoms with Gasteiger partial charge in [-0.05, 0) is 56.4 Å².